The van der Waals surface area contributed by atoms with E-state index in [1.54, 1.807) is 31.2 Å². The summed E-state index contributed by atoms with van der Waals surface area (Å²) in [5.41, 5.74) is 0.709. The number of thioether (sulfide) groups is 1. The zero-order valence-corrected chi connectivity index (χ0v) is 13.6. The van der Waals surface area contributed by atoms with Gasteiger partial charge >= 0.3 is 5.97 Å². The molecule has 0 saturated carbocycles. The predicted molar refractivity (Wildman–Crippen MR) is 84.1 cm³/mol. The first-order valence-corrected chi connectivity index (χ1v) is 7.72. The minimum absolute atomic E-state index is 0.0112. The Hall–Kier alpha value is -1.86. The summed E-state index contributed by atoms with van der Waals surface area (Å²) in [7, 11) is 0. The number of carboxylic acids is 1. The highest BCUT2D eigenvalue weighted by Crippen LogP contribution is 2.27. The number of halogens is 1. The topological polar surface area (TPSA) is 85.1 Å². The van der Waals surface area contributed by atoms with Crippen LogP contribution in [0.25, 0.3) is 11.4 Å². The van der Waals surface area contributed by atoms with Gasteiger partial charge < -0.3 is 5.11 Å². The smallest absolute Gasteiger partial charge is 0.323 e. The van der Waals surface area contributed by atoms with Gasteiger partial charge in [-0.05, 0) is 38.1 Å². The van der Waals surface area contributed by atoms with E-state index >= 15 is 0 Å². The summed E-state index contributed by atoms with van der Waals surface area (Å²) in [4.78, 5) is 22.5. The van der Waals surface area contributed by atoms with Gasteiger partial charge in [-0.2, -0.15) is 0 Å². The molecule has 0 aliphatic rings. The quantitative estimate of drug-likeness (QED) is 0.814. The van der Waals surface area contributed by atoms with Crippen molar-refractivity contribution in [3.05, 3.63) is 29.3 Å². The maximum atomic E-state index is 11.4. The van der Waals surface area contributed by atoms with E-state index in [1.165, 1.54) is 23.3 Å². The average Bonchev–Trinajstić information content (AvgIpc) is 2.82. The van der Waals surface area contributed by atoms with Crippen LogP contribution < -0.4 is 0 Å². The number of ketones is 1. The Balaban J connectivity index is 2.41. The number of hydrogen-bond donors (Lipinski definition) is 1. The first kappa shape index (κ1) is 16.5. The fourth-order valence-corrected chi connectivity index (χ4v) is 2.68. The fraction of sp³-hybridized carbons (Fsp3) is 0.286. The van der Waals surface area contributed by atoms with E-state index in [-0.39, 0.29) is 17.6 Å². The largest absolute Gasteiger partial charge is 0.480 e. The van der Waals surface area contributed by atoms with Crippen LogP contribution >= 0.6 is 23.4 Å². The zero-order chi connectivity index (χ0) is 16.3. The van der Waals surface area contributed by atoms with Crippen molar-refractivity contribution in [2.75, 3.05) is 0 Å². The number of carboxylic acid groups (broad SMARTS) is 1. The van der Waals surface area contributed by atoms with Crippen molar-refractivity contribution >= 4 is 35.1 Å². The molecule has 8 heteroatoms. The number of hydrogen-bond acceptors (Lipinski definition) is 5. The molecule has 1 aromatic heterocycles. The Kier molecular flexibility index (Phi) is 5.20. The number of aliphatic carboxylic acids is 1. The molecule has 0 bridgehead atoms. The molecule has 0 fully saturated rings. The van der Waals surface area contributed by atoms with Gasteiger partial charge in [0.2, 0.25) is 0 Å². The van der Waals surface area contributed by atoms with Gasteiger partial charge in [-0.15, -0.1) is 10.2 Å². The summed E-state index contributed by atoms with van der Waals surface area (Å²) >= 11 is 7.04. The van der Waals surface area contributed by atoms with Gasteiger partial charge in [-0.1, -0.05) is 23.4 Å². The lowest BCUT2D eigenvalue weighted by Gasteiger charge is -2.10. The summed E-state index contributed by atoms with van der Waals surface area (Å²) < 4.78 is 1.48. The number of carbonyl (C=O) groups is 2. The molecule has 0 radical (unpaired) electrons. The van der Waals surface area contributed by atoms with Gasteiger partial charge in [0, 0.05) is 10.6 Å². The van der Waals surface area contributed by atoms with E-state index in [2.05, 4.69) is 10.2 Å². The van der Waals surface area contributed by atoms with Crippen LogP contribution in [-0.2, 0) is 16.1 Å². The number of Topliss-reactive ketones (excluding diaryl/α,β-unsaturated/α-hetero) is 1. The predicted octanol–water partition coefficient (Wildman–Crippen LogP) is 2.75. The van der Waals surface area contributed by atoms with Gasteiger partial charge in [0.1, 0.15) is 12.3 Å². The second-order valence-corrected chi connectivity index (χ2v) is 6.41. The first-order chi connectivity index (χ1) is 10.4. The van der Waals surface area contributed by atoms with Crippen LogP contribution in [0.4, 0.5) is 0 Å². The molecule has 1 aromatic carbocycles. The van der Waals surface area contributed by atoms with Gasteiger partial charge in [0.25, 0.3) is 0 Å². The number of rotatable bonds is 6. The molecule has 1 N–H and O–H groups in total. The van der Waals surface area contributed by atoms with E-state index in [0.29, 0.717) is 21.6 Å². The number of carbonyl (C=O) groups excluding carboxylic acids is 1. The monoisotopic (exact) mass is 339 g/mol. The second kappa shape index (κ2) is 6.93. The van der Waals surface area contributed by atoms with Crippen LogP contribution in [0.1, 0.15) is 13.8 Å². The van der Waals surface area contributed by atoms with Gasteiger partial charge in [-0.3, -0.25) is 14.2 Å². The molecule has 0 saturated heterocycles. The van der Waals surface area contributed by atoms with Crippen molar-refractivity contribution in [1.29, 1.82) is 0 Å². The lowest BCUT2D eigenvalue weighted by atomic mass is 10.2. The standard InChI is InChI=1S/C14H14ClN3O3S/c1-8(19)9(2)22-14-17-16-13(18(14)7-12(20)21)10-3-5-11(15)6-4-10/h3-6,9H,7H2,1-2H3,(H,20,21)/t9-/m0/s1. The molecule has 1 heterocycles. The molecule has 0 amide bonds. The molecule has 0 spiro atoms. The summed E-state index contributed by atoms with van der Waals surface area (Å²) in [6.07, 6.45) is 0. The number of aromatic nitrogens is 3. The summed E-state index contributed by atoms with van der Waals surface area (Å²) in [5.74, 6) is -0.590. The summed E-state index contributed by atoms with van der Waals surface area (Å²) in [6, 6.07) is 6.88. The van der Waals surface area contributed by atoms with E-state index in [0.717, 1.165) is 0 Å². The molecule has 0 aliphatic carbocycles. The highest BCUT2D eigenvalue weighted by Gasteiger charge is 2.20. The van der Waals surface area contributed by atoms with Gasteiger partial charge in [0.15, 0.2) is 11.0 Å². The molecule has 0 aliphatic heterocycles. The van der Waals surface area contributed by atoms with Crippen molar-refractivity contribution in [2.24, 2.45) is 0 Å². The van der Waals surface area contributed by atoms with Crippen LogP contribution in [0, 0.1) is 0 Å². The van der Waals surface area contributed by atoms with E-state index in [1.807, 2.05) is 0 Å². The third-order valence-corrected chi connectivity index (χ3v) is 4.42. The molecule has 22 heavy (non-hydrogen) atoms. The highest BCUT2D eigenvalue weighted by atomic mass is 35.5. The van der Waals surface area contributed by atoms with Crippen molar-refractivity contribution in [3.63, 3.8) is 0 Å². The molecule has 6 nitrogen and oxygen atoms in total. The van der Waals surface area contributed by atoms with E-state index in [9.17, 15) is 9.59 Å². The SMILES string of the molecule is CC(=O)[C@H](C)Sc1nnc(-c2ccc(Cl)cc2)n1CC(=O)O. The lowest BCUT2D eigenvalue weighted by Crippen LogP contribution is -2.14. The second-order valence-electron chi connectivity index (χ2n) is 4.66. The Bertz CT molecular complexity index is 700. The highest BCUT2D eigenvalue weighted by molar-refractivity contribution is 8.00. The van der Waals surface area contributed by atoms with Crippen LogP contribution in [0.5, 0.6) is 0 Å². The molecular weight excluding hydrogens is 326 g/mol. The first-order valence-electron chi connectivity index (χ1n) is 6.46. The maximum absolute atomic E-state index is 11.4. The summed E-state index contributed by atoms with van der Waals surface area (Å²) in [6.45, 7) is 2.95. The Morgan fingerprint density at radius 1 is 1.32 bits per heavy atom. The molecule has 116 valence electrons. The summed E-state index contributed by atoms with van der Waals surface area (Å²) in [5, 5.41) is 17.8. The van der Waals surface area contributed by atoms with Gasteiger partial charge in [0.05, 0.1) is 5.25 Å². The Morgan fingerprint density at radius 2 is 1.95 bits per heavy atom. The van der Waals surface area contributed by atoms with E-state index < -0.39 is 5.97 Å². The number of nitrogens with zero attached hydrogens (tertiary/aromatic N) is 3. The van der Waals surface area contributed by atoms with Crippen LogP contribution in [0.2, 0.25) is 5.02 Å². The average molecular weight is 340 g/mol. The minimum Gasteiger partial charge on any atom is -0.480 e. The zero-order valence-electron chi connectivity index (χ0n) is 12.0. The van der Waals surface area contributed by atoms with Crippen LogP contribution in [0.15, 0.2) is 29.4 Å². The normalized spacial score (nSPS) is 12.1. The Labute approximate surface area is 136 Å². The van der Waals surface area contributed by atoms with Gasteiger partial charge in [-0.25, -0.2) is 0 Å². The molecule has 2 rings (SSSR count). The molecular formula is C14H14ClN3O3S. The van der Waals surface area contributed by atoms with Crippen molar-refractivity contribution in [3.8, 4) is 11.4 Å². The molecule has 2 aromatic rings. The third kappa shape index (κ3) is 3.86. The third-order valence-electron chi connectivity index (χ3n) is 2.97. The van der Waals surface area contributed by atoms with Crippen molar-refractivity contribution in [1.82, 2.24) is 14.8 Å². The molecule has 0 unspecified atom stereocenters. The Morgan fingerprint density at radius 3 is 2.50 bits per heavy atom. The van der Waals surface area contributed by atoms with Crippen molar-refractivity contribution in [2.45, 2.75) is 30.8 Å². The minimum atomic E-state index is -1.01. The molecule has 1 atom stereocenters. The van der Waals surface area contributed by atoms with Crippen LogP contribution in [-0.4, -0.2) is 36.9 Å². The van der Waals surface area contributed by atoms with Crippen LogP contribution in [0.3, 0.4) is 0 Å². The van der Waals surface area contributed by atoms with E-state index in [4.69, 9.17) is 16.7 Å². The van der Waals surface area contributed by atoms with Crippen molar-refractivity contribution < 1.29 is 14.7 Å². The number of benzene rings is 1. The lowest BCUT2D eigenvalue weighted by molar-refractivity contribution is -0.137. The fourth-order valence-electron chi connectivity index (χ4n) is 1.71. The maximum Gasteiger partial charge on any atom is 0.323 e.